The van der Waals surface area contributed by atoms with Crippen LogP contribution < -0.4 is 5.32 Å². The first kappa shape index (κ1) is 15.6. The van der Waals surface area contributed by atoms with Crippen LogP contribution in [0.3, 0.4) is 0 Å². The van der Waals surface area contributed by atoms with E-state index in [0.29, 0.717) is 12.1 Å². The quantitative estimate of drug-likeness (QED) is 0.856. The number of likely N-dealkylation sites (N-methyl/N-ethyl adjacent to an activating group) is 1. The standard InChI is InChI=1S/C14H19F2NO2/c1-5-17-12(13(18)19-14(2,3)4)9-6-7-10(15)11(16)8-9/h6-8,12,17H,5H2,1-4H3. The highest BCUT2D eigenvalue weighted by molar-refractivity contribution is 5.78. The molecule has 1 unspecified atom stereocenters. The summed E-state index contributed by atoms with van der Waals surface area (Å²) in [6, 6.07) is 2.57. The van der Waals surface area contributed by atoms with Crippen molar-refractivity contribution in [3.05, 3.63) is 35.4 Å². The molecule has 0 fully saturated rings. The van der Waals surface area contributed by atoms with E-state index in [4.69, 9.17) is 4.74 Å². The topological polar surface area (TPSA) is 38.3 Å². The fourth-order valence-electron chi connectivity index (χ4n) is 1.59. The van der Waals surface area contributed by atoms with Crippen LogP contribution in [-0.4, -0.2) is 18.1 Å². The van der Waals surface area contributed by atoms with Crippen LogP contribution in [0.1, 0.15) is 39.3 Å². The van der Waals surface area contributed by atoms with Gasteiger partial charge in [0.2, 0.25) is 0 Å². The summed E-state index contributed by atoms with van der Waals surface area (Å²) >= 11 is 0. The van der Waals surface area contributed by atoms with Crippen LogP contribution in [-0.2, 0) is 9.53 Å². The molecule has 0 saturated heterocycles. The van der Waals surface area contributed by atoms with Crippen LogP contribution in [0.4, 0.5) is 8.78 Å². The number of benzene rings is 1. The van der Waals surface area contributed by atoms with Crippen LogP contribution >= 0.6 is 0 Å². The third kappa shape index (κ3) is 4.59. The number of carbonyl (C=O) groups excluding carboxylic acids is 1. The molecule has 1 atom stereocenters. The van der Waals surface area contributed by atoms with E-state index in [0.717, 1.165) is 12.1 Å². The molecular formula is C14H19F2NO2. The van der Waals surface area contributed by atoms with Gasteiger partial charge in [0.15, 0.2) is 11.6 Å². The third-order valence-electron chi connectivity index (χ3n) is 2.33. The Morgan fingerprint density at radius 2 is 1.95 bits per heavy atom. The van der Waals surface area contributed by atoms with Gasteiger partial charge in [0.1, 0.15) is 11.6 Å². The number of halogens is 2. The molecule has 0 radical (unpaired) electrons. The van der Waals surface area contributed by atoms with Crippen molar-refractivity contribution in [3.63, 3.8) is 0 Å². The first-order valence-electron chi connectivity index (χ1n) is 6.16. The van der Waals surface area contributed by atoms with E-state index in [1.54, 1.807) is 20.8 Å². The number of hydrogen-bond donors (Lipinski definition) is 1. The lowest BCUT2D eigenvalue weighted by molar-refractivity contribution is -0.157. The van der Waals surface area contributed by atoms with Gasteiger partial charge in [-0.3, -0.25) is 0 Å². The summed E-state index contributed by atoms with van der Waals surface area (Å²) < 4.78 is 31.4. The summed E-state index contributed by atoms with van der Waals surface area (Å²) in [5.41, 5.74) is -0.293. The van der Waals surface area contributed by atoms with Crippen molar-refractivity contribution in [2.45, 2.75) is 39.3 Å². The van der Waals surface area contributed by atoms with Crippen molar-refractivity contribution >= 4 is 5.97 Å². The van der Waals surface area contributed by atoms with Crippen LogP contribution in [0.25, 0.3) is 0 Å². The molecule has 106 valence electrons. The highest BCUT2D eigenvalue weighted by Crippen LogP contribution is 2.20. The molecule has 19 heavy (non-hydrogen) atoms. The van der Waals surface area contributed by atoms with Crippen LogP contribution in [0, 0.1) is 11.6 Å². The average molecular weight is 271 g/mol. The van der Waals surface area contributed by atoms with Gasteiger partial charge in [0.25, 0.3) is 0 Å². The van der Waals surface area contributed by atoms with Crippen molar-refractivity contribution in [3.8, 4) is 0 Å². The van der Waals surface area contributed by atoms with Gasteiger partial charge in [0, 0.05) is 0 Å². The van der Waals surface area contributed by atoms with Crippen LogP contribution in [0.5, 0.6) is 0 Å². The SMILES string of the molecule is CCNC(C(=O)OC(C)(C)C)c1ccc(F)c(F)c1. The Balaban J connectivity index is 2.99. The number of rotatable bonds is 4. The molecule has 0 saturated carbocycles. The number of esters is 1. The molecule has 0 heterocycles. The molecule has 1 rings (SSSR count). The van der Waals surface area contributed by atoms with Crippen molar-refractivity contribution < 1.29 is 18.3 Å². The zero-order chi connectivity index (χ0) is 14.6. The minimum Gasteiger partial charge on any atom is -0.459 e. The lowest BCUT2D eigenvalue weighted by atomic mass is 10.1. The molecule has 1 aromatic rings. The second-order valence-electron chi connectivity index (χ2n) is 5.20. The van der Waals surface area contributed by atoms with Gasteiger partial charge in [-0.1, -0.05) is 13.0 Å². The minimum atomic E-state index is -0.982. The first-order valence-corrected chi connectivity index (χ1v) is 6.16. The Morgan fingerprint density at radius 3 is 2.42 bits per heavy atom. The monoisotopic (exact) mass is 271 g/mol. The molecule has 1 aromatic carbocycles. The molecule has 0 amide bonds. The maximum Gasteiger partial charge on any atom is 0.328 e. The van der Waals surface area contributed by atoms with Crippen molar-refractivity contribution in [1.82, 2.24) is 5.32 Å². The number of hydrogen-bond acceptors (Lipinski definition) is 3. The molecular weight excluding hydrogens is 252 g/mol. The molecule has 0 aliphatic carbocycles. The zero-order valence-electron chi connectivity index (χ0n) is 11.6. The van der Waals surface area contributed by atoms with E-state index in [9.17, 15) is 13.6 Å². The third-order valence-corrected chi connectivity index (χ3v) is 2.33. The lowest BCUT2D eigenvalue weighted by Crippen LogP contribution is -2.35. The van der Waals surface area contributed by atoms with Gasteiger partial charge in [-0.2, -0.15) is 0 Å². The Labute approximate surface area is 112 Å². The fraction of sp³-hybridized carbons (Fsp3) is 0.500. The predicted molar refractivity (Wildman–Crippen MR) is 68.6 cm³/mol. The zero-order valence-corrected chi connectivity index (χ0v) is 11.6. The van der Waals surface area contributed by atoms with E-state index in [1.807, 2.05) is 6.92 Å². The van der Waals surface area contributed by atoms with E-state index in [2.05, 4.69) is 5.32 Å². The van der Waals surface area contributed by atoms with Crippen LogP contribution in [0.2, 0.25) is 0 Å². The summed E-state index contributed by atoms with van der Waals surface area (Å²) in [6.07, 6.45) is 0. The predicted octanol–water partition coefficient (Wildman–Crippen LogP) is 2.96. The second-order valence-corrected chi connectivity index (χ2v) is 5.20. The van der Waals surface area contributed by atoms with Gasteiger partial charge in [-0.25, -0.2) is 13.6 Å². The molecule has 1 N–H and O–H groups in total. The van der Waals surface area contributed by atoms with Crippen molar-refractivity contribution in [2.24, 2.45) is 0 Å². The summed E-state index contributed by atoms with van der Waals surface area (Å²) in [7, 11) is 0. The molecule has 0 aliphatic heterocycles. The van der Waals surface area contributed by atoms with Gasteiger partial charge >= 0.3 is 5.97 Å². The normalized spacial score (nSPS) is 13.2. The molecule has 0 spiro atoms. The molecule has 0 aromatic heterocycles. The summed E-state index contributed by atoms with van der Waals surface area (Å²) in [6.45, 7) is 7.57. The van der Waals surface area contributed by atoms with Gasteiger partial charge in [0.05, 0.1) is 0 Å². The summed E-state index contributed by atoms with van der Waals surface area (Å²) in [5.74, 6) is -2.44. The van der Waals surface area contributed by atoms with E-state index >= 15 is 0 Å². The maximum atomic E-state index is 13.2. The van der Waals surface area contributed by atoms with Crippen molar-refractivity contribution in [1.29, 1.82) is 0 Å². The molecule has 0 bridgehead atoms. The van der Waals surface area contributed by atoms with E-state index < -0.39 is 29.2 Å². The first-order chi connectivity index (χ1) is 8.74. The number of nitrogens with one attached hydrogen (secondary N) is 1. The molecule has 3 nitrogen and oxygen atoms in total. The van der Waals surface area contributed by atoms with Gasteiger partial charge in [-0.05, 0) is 45.0 Å². The van der Waals surface area contributed by atoms with E-state index in [1.165, 1.54) is 6.07 Å². The largest absolute Gasteiger partial charge is 0.459 e. The molecule has 5 heteroatoms. The Bertz CT molecular complexity index is 455. The minimum absolute atomic E-state index is 0.343. The maximum absolute atomic E-state index is 13.2. The highest BCUT2D eigenvalue weighted by atomic mass is 19.2. The Hall–Kier alpha value is -1.49. The smallest absolute Gasteiger partial charge is 0.328 e. The fourth-order valence-corrected chi connectivity index (χ4v) is 1.59. The molecule has 0 aliphatic rings. The van der Waals surface area contributed by atoms with Crippen molar-refractivity contribution in [2.75, 3.05) is 6.54 Å². The summed E-state index contributed by atoms with van der Waals surface area (Å²) in [5, 5.41) is 2.90. The van der Waals surface area contributed by atoms with E-state index in [-0.39, 0.29) is 0 Å². The van der Waals surface area contributed by atoms with Gasteiger partial charge in [-0.15, -0.1) is 0 Å². The second kappa shape index (κ2) is 6.10. The lowest BCUT2D eigenvalue weighted by Gasteiger charge is -2.24. The number of ether oxygens (including phenoxy) is 1. The Morgan fingerprint density at radius 1 is 1.32 bits per heavy atom. The average Bonchev–Trinajstić information content (AvgIpc) is 2.27. The number of carbonyl (C=O) groups is 1. The van der Waals surface area contributed by atoms with Gasteiger partial charge < -0.3 is 10.1 Å². The summed E-state index contributed by atoms with van der Waals surface area (Å²) in [4.78, 5) is 12.0. The van der Waals surface area contributed by atoms with Crippen LogP contribution in [0.15, 0.2) is 18.2 Å². The Kier molecular flexibility index (Phi) is 5.00. The highest BCUT2D eigenvalue weighted by Gasteiger charge is 2.26.